The highest BCUT2D eigenvalue weighted by Crippen LogP contribution is 2.23. The minimum absolute atomic E-state index is 0.208. The smallest absolute Gasteiger partial charge is 0.274 e. The molecular formula is C22H29N5O. The van der Waals surface area contributed by atoms with Gasteiger partial charge < -0.3 is 15.5 Å². The number of anilines is 3. The molecule has 148 valence electrons. The Morgan fingerprint density at radius 1 is 0.929 bits per heavy atom. The fourth-order valence-corrected chi connectivity index (χ4v) is 4.09. The van der Waals surface area contributed by atoms with Crippen molar-refractivity contribution in [1.82, 2.24) is 9.97 Å². The highest BCUT2D eigenvalue weighted by Gasteiger charge is 2.15. The van der Waals surface area contributed by atoms with Crippen molar-refractivity contribution < 1.29 is 4.79 Å². The van der Waals surface area contributed by atoms with E-state index in [9.17, 15) is 4.79 Å². The van der Waals surface area contributed by atoms with Crippen LogP contribution in [-0.4, -0.2) is 35.0 Å². The van der Waals surface area contributed by atoms with Crippen molar-refractivity contribution in [3.63, 3.8) is 0 Å². The molecule has 1 aromatic carbocycles. The number of carbonyl (C=O) groups is 1. The number of hydrogen-bond acceptors (Lipinski definition) is 5. The summed E-state index contributed by atoms with van der Waals surface area (Å²) < 4.78 is 0. The van der Waals surface area contributed by atoms with Crippen LogP contribution in [0.5, 0.6) is 0 Å². The van der Waals surface area contributed by atoms with Crippen LogP contribution in [0.2, 0.25) is 0 Å². The summed E-state index contributed by atoms with van der Waals surface area (Å²) in [6.07, 6.45) is 11.5. The van der Waals surface area contributed by atoms with Crippen molar-refractivity contribution in [2.45, 2.75) is 57.4 Å². The minimum atomic E-state index is -0.208. The lowest BCUT2D eigenvalue weighted by Crippen LogP contribution is -2.21. The average molecular weight is 380 g/mol. The summed E-state index contributed by atoms with van der Waals surface area (Å²) in [5.41, 5.74) is 2.38. The fraction of sp³-hybridized carbons (Fsp3) is 0.500. The van der Waals surface area contributed by atoms with E-state index in [1.54, 1.807) is 12.3 Å². The molecule has 2 heterocycles. The highest BCUT2D eigenvalue weighted by atomic mass is 16.1. The van der Waals surface area contributed by atoms with E-state index in [0.29, 0.717) is 17.7 Å². The molecule has 1 amide bonds. The topological polar surface area (TPSA) is 70.2 Å². The molecule has 1 saturated heterocycles. The Morgan fingerprint density at radius 3 is 2.36 bits per heavy atom. The van der Waals surface area contributed by atoms with E-state index < -0.39 is 0 Å². The van der Waals surface area contributed by atoms with Gasteiger partial charge in [-0.25, -0.2) is 9.97 Å². The molecule has 0 spiro atoms. The summed E-state index contributed by atoms with van der Waals surface area (Å²) in [5.74, 6) is 0.337. The summed E-state index contributed by atoms with van der Waals surface area (Å²) in [7, 11) is 0. The van der Waals surface area contributed by atoms with Gasteiger partial charge in [-0.3, -0.25) is 4.79 Å². The largest absolute Gasteiger partial charge is 0.372 e. The molecule has 6 nitrogen and oxygen atoms in total. The monoisotopic (exact) mass is 379 g/mol. The summed E-state index contributed by atoms with van der Waals surface area (Å²) in [4.78, 5) is 23.7. The quantitative estimate of drug-likeness (QED) is 0.751. The van der Waals surface area contributed by atoms with Gasteiger partial charge in [0.25, 0.3) is 5.91 Å². The van der Waals surface area contributed by atoms with E-state index in [2.05, 4.69) is 37.6 Å². The van der Waals surface area contributed by atoms with Gasteiger partial charge in [-0.05, 0) is 56.0 Å². The predicted octanol–water partition coefficient (Wildman–Crippen LogP) is 4.46. The van der Waals surface area contributed by atoms with Gasteiger partial charge in [0.2, 0.25) is 5.95 Å². The average Bonchev–Trinajstić information content (AvgIpc) is 3.14. The number of hydrogen-bond donors (Lipinski definition) is 2. The maximum atomic E-state index is 12.6. The van der Waals surface area contributed by atoms with Gasteiger partial charge in [0, 0.05) is 36.7 Å². The first-order chi connectivity index (χ1) is 13.8. The fourth-order valence-electron chi connectivity index (χ4n) is 4.09. The second-order valence-corrected chi connectivity index (χ2v) is 7.79. The molecule has 2 fully saturated rings. The number of benzene rings is 1. The number of nitrogens with one attached hydrogen (secondary N) is 2. The van der Waals surface area contributed by atoms with Crippen LogP contribution in [0.4, 0.5) is 17.3 Å². The van der Waals surface area contributed by atoms with E-state index in [1.165, 1.54) is 44.2 Å². The summed E-state index contributed by atoms with van der Waals surface area (Å²) >= 11 is 0. The lowest BCUT2D eigenvalue weighted by Gasteiger charge is -2.18. The van der Waals surface area contributed by atoms with Gasteiger partial charge in [0.15, 0.2) is 0 Å². The van der Waals surface area contributed by atoms with Crippen LogP contribution < -0.4 is 15.5 Å². The maximum Gasteiger partial charge on any atom is 0.274 e. The van der Waals surface area contributed by atoms with E-state index in [0.717, 1.165) is 31.6 Å². The first kappa shape index (κ1) is 18.7. The molecule has 0 bridgehead atoms. The summed E-state index contributed by atoms with van der Waals surface area (Å²) in [6, 6.07) is 10.1. The summed E-state index contributed by atoms with van der Waals surface area (Å²) in [6.45, 7) is 2.23. The Bertz CT molecular complexity index is 778. The van der Waals surface area contributed by atoms with Crippen molar-refractivity contribution in [2.24, 2.45) is 0 Å². The summed E-state index contributed by atoms with van der Waals surface area (Å²) in [5, 5.41) is 6.35. The Labute approximate surface area is 166 Å². The molecule has 1 aliphatic carbocycles. The molecule has 2 N–H and O–H groups in total. The van der Waals surface area contributed by atoms with Crippen LogP contribution in [0.3, 0.4) is 0 Å². The van der Waals surface area contributed by atoms with Crippen LogP contribution in [-0.2, 0) is 0 Å². The van der Waals surface area contributed by atoms with Gasteiger partial charge in [-0.2, -0.15) is 0 Å². The van der Waals surface area contributed by atoms with Crippen LogP contribution in [0, 0.1) is 0 Å². The SMILES string of the molecule is O=C(Nc1ccc(N2CCCC2)cc1)c1ccnc(NC2CCCCCC2)n1. The van der Waals surface area contributed by atoms with Gasteiger partial charge in [0.1, 0.15) is 5.69 Å². The van der Waals surface area contributed by atoms with Gasteiger partial charge in [-0.15, -0.1) is 0 Å². The molecule has 2 aromatic rings. The third-order valence-corrected chi connectivity index (χ3v) is 5.67. The lowest BCUT2D eigenvalue weighted by molar-refractivity contribution is 0.102. The van der Waals surface area contributed by atoms with E-state index in [-0.39, 0.29) is 5.91 Å². The first-order valence-corrected chi connectivity index (χ1v) is 10.5. The third-order valence-electron chi connectivity index (χ3n) is 5.67. The number of rotatable bonds is 5. The minimum Gasteiger partial charge on any atom is -0.372 e. The van der Waals surface area contributed by atoms with E-state index in [4.69, 9.17) is 0 Å². The Balaban J connectivity index is 1.37. The molecule has 28 heavy (non-hydrogen) atoms. The molecule has 1 aromatic heterocycles. The zero-order valence-corrected chi connectivity index (χ0v) is 16.4. The van der Waals surface area contributed by atoms with Gasteiger partial charge >= 0.3 is 0 Å². The second-order valence-electron chi connectivity index (χ2n) is 7.79. The first-order valence-electron chi connectivity index (χ1n) is 10.5. The zero-order chi connectivity index (χ0) is 19.2. The van der Waals surface area contributed by atoms with Crippen LogP contribution >= 0.6 is 0 Å². The molecule has 4 rings (SSSR count). The van der Waals surface area contributed by atoms with Crippen LogP contribution in [0.15, 0.2) is 36.5 Å². The molecule has 0 atom stereocenters. The molecule has 1 aliphatic heterocycles. The van der Waals surface area contributed by atoms with Crippen LogP contribution in [0.1, 0.15) is 61.9 Å². The van der Waals surface area contributed by atoms with Crippen molar-refractivity contribution >= 4 is 23.2 Å². The van der Waals surface area contributed by atoms with Crippen molar-refractivity contribution in [2.75, 3.05) is 28.6 Å². The third kappa shape index (κ3) is 4.80. The maximum absolute atomic E-state index is 12.6. The van der Waals surface area contributed by atoms with Crippen LogP contribution in [0.25, 0.3) is 0 Å². The number of aromatic nitrogens is 2. The standard InChI is InChI=1S/C22H29N5O/c28-21(24-18-9-11-19(12-10-18)27-15-5-6-16-27)20-13-14-23-22(26-20)25-17-7-3-1-2-4-8-17/h9-14,17H,1-8,15-16H2,(H,24,28)(H,23,25,26). The van der Waals surface area contributed by atoms with Gasteiger partial charge in [0.05, 0.1) is 0 Å². The van der Waals surface area contributed by atoms with Crippen molar-refractivity contribution in [1.29, 1.82) is 0 Å². The molecule has 0 radical (unpaired) electrons. The molecule has 0 unspecified atom stereocenters. The lowest BCUT2D eigenvalue weighted by atomic mass is 10.1. The van der Waals surface area contributed by atoms with Gasteiger partial charge in [-0.1, -0.05) is 25.7 Å². The second kappa shape index (κ2) is 9.04. The predicted molar refractivity (Wildman–Crippen MR) is 113 cm³/mol. The van der Waals surface area contributed by atoms with E-state index >= 15 is 0 Å². The number of nitrogens with zero attached hydrogens (tertiary/aromatic N) is 3. The molecule has 6 heteroatoms. The zero-order valence-electron chi connectivity index (χ0n) is 16.4. The Morgan fingerprint density at radius 2 is 1.64 bits per heavy atom. The number of carbonyl (C=O) groups excluding carboxylic acids is 1. The number of amides is 1. The highest BCUT2D eigenvalue weighted by molar-refractivity contribution is 6.03. The Kier molecular flexibility index (Phi) is 6.04. The molecule has 1 saturated carbocycles. The van der Waals surface area contributed by atoms with E-state index in [1.807, 2.05) is 12.1 Å². The molecule has 2 aliphatic rings. The van der Waals surface area contributed by atoms with Crippen molar-refractivity contribution in [3.8, 4) is 0 Å². The molecular weight excluding hydrogens is 350 g/mol. The van der Waals surface area contributed by atoms with Crippen molar-refractivity contribution in [3.05, 3.63) is 42.2 Å². The normalized spacial score (nSPS) is 17.9. The Hall–Kier alpha value is -2.63.